The van der Waals surface area contributed by atoms with Gasteiger partial charge >= 0.3 is 0 Å². The predicted octanol–water partition coefficient (Wildman–Crippen LogP) is -0.357. The molecule has 0 bridgehead atoms. The number of hydrogen-bond donors (Lipinski definition) is 2. The zero-order valence-electron chi connectivity index (χ0n) is 9.09. The normalized spacial score (nSPS) is 29.5. The van der Waals surface area contributed by atoms with Crippen molar-refractivity contribution in [1.29, 1.82) is 0 Å². The zero-order chi connectivity index (χ0) is 11.8. The van der Waals surface area contributed by atoms with Crippen LogP contribution < -0.4 is 11.5 Å². The van der Waals surface area contributed by atoms with Crippen LogP contribution in [0.25, 0.3) is 0 Å². The fourth-order valence-electron chi connectivity index (χ4n) is 1.89. The summed E-state index contributed by atoms with van der Waals surface area (Å²) in [5, 5.41) is 5.13. The molecule has 7 heteroatoms. The maximum absolute atomic E-state index is 11.2. The first-order valence-electron chi connectivity index (χ1n) is 5.11. The number of amides is 1. The van der Waals surface area contributed by atoms with Gasteiger partial charge in [0, 0.05) is 12.3 Å². The second-order valence-corrected chi connectivity index (χ2v) is 5.44. The number of carbonyl (C=O) groups is 1. The quantitative estimate of drug-likeness (QED) is 0.753. The molecule has 1 heterocycles. The number of carbonyl (C=O) groups excluding carboxylic acids is 1. The Morgan fingerprint density at radius 3 is 3.00 bits per heavy atom. The van der Waals surface area contributed by atoms with Gasteiger partial charge in [0.15, 0.2) is 5.16 Å². The van der Waals surface area contributed by atoms with E-state index in [0.717, 1.165) is 11.6 Å². The summed E-state index contributed by atoms with van der Waals surface area (Å²) in [5.41, 5.74) is 10.4. The summed E-state index contributed by atoms with van der Waals surface area (Å²) in [5.74, 6) is -0.409. The lowest BCUT2D eigenvalue weighted by atomic mass is 9.99. The third-order valence-corrected chi connectivity index (χ3v) is 4.25. The molecular formula is C9H15N5OS. The van der Waals surface area contributed by atoms with Gasteiger partial charge in [-0.25, -0.2) is 9.67 Å². The maximum Gasteiger partial charge on any atom is 0.237 e. The number of aromatic nitrogens is 3. The van der Waals surface area contributed by atoms with Gasteiger partial charge in [-0.1, -0.05) is 11.8 Å². The molecule has 2 rings (SSSR count). The van der Waals surface area contributed by atoms with Gasteiger partial charge in [-0.15, -0.1) is 0 Å². The molecule has 0 spiro atoms. The second-order valence-electron chi connectivity index (χ2n) is 4.17. The fraction of sp³-hybridized carbons (Fsp3) is 0.667. The number of rotatable bonds is 3. The van der Waals surface area contributed by atoms with Crippen molar-refractivity contribution < 1.29 is 4.79 Å². The molecule has 0 radical (unpaired) electrons. The van der Waals surface area contributed by atoms with E-state index in [9.17, 15) is 4.79 Å². The summed E-state index contributed by atoms with van der Waals surface area (Å²) < 4.78 is 1.71. The smallest absolute Gasteiger partial charge is 0.237 e. The van der Waals surface area contributed by atoms with Crippen molar-refractivity contribution >= 4 is 17.7 Å². The first-order chi connectivity index (χ1) is 7.51. The molecule has 1 aromatic rings. The van der Waals surface area contributed by atoms with Crippen LogP contribution in [0.15, 0.2) is 11.5 Å². The number of nitrogens with two attached hydrogens (primary N) is 2. The lowest BCUT2D eigenvalue weighted by Gasteiger charge is -2.19. The highest BCUT2D eigenvalue weighted by atomic mass is 32.2. The third kappa shape index (κ3) is 2.05. The molecule has 88 valence electrons. The summed E-state index contributed by atoms with van der Waals surface area (Å²) in [6.45, 7) is 0. The highest BCUT2D eigenvalue weighted by Gasteiger charge is 2.41. The van der Waals surface area contributed by atoms with Gasteiger partial charge in [0.05, 0.1) is 5.54 Å². The van der Waals surface area contributed by atoms with Crippen molar-refractivity contribution in [3.63, 3.8) is 0 Å². The van der Waals surface area contributed by atoms with Crippen molar-refractivity contribution in [2.45, 2.75) is 35.2 Å². The number of primary amides is 1. The van der Waals surface area contributed by atoms with Crippen LogP contribution in [-0.2, 0) is 11.8 Å². The number of thioether (sulfide) groups is 1. The molecule has 1 amide bonds. The maximum atomic E-state index is 11.2. The average molecular weight is 241 g/mol. The van der Waals surface area contributed by atoms with Crippen LogP contribution in [0, 0.1) is 0 Å². The molecule has 0 aromatic carbocycles. The lowest BCUT2D eigenvalue weighted by Crippen LogP contribution is -2.50. The Hall–Kier alpha value is -1.08. The summed E-state index contributed by atoms with van der Waals surface area (Å²) in [6, 6.07) is 0. The molecule has 6 nitrogen and oxygen atoms in total. The fourth-order valence-corrected chi connectivity index (χ4v) is 3.12. The zero-order valence-corrected chi connectivity index (χ0v) is 9.91. The van der Waals surface area contributed by atoms with Crippen molar-refractivity contribution in [3.8, 4) is 0 Å². The van der Waals surface area contributed by atoms with Gasteiger partial charge in [-0.3, -0.25) is 4.79 Å². The number of aryl methyl sites for hydroxylation is 1. The molecule has 1 saturated carbocycles. The molecule has 0 aliphatic heterocycles. The molecule has 1 fully saturated rings. The van der Waals surface area contributed by atoms with Crippen molar-refractivity contribution in [1.82, 2.24) is 14.8 Å². The Labute approximate surface area is 97.8 Å². The third-order valence-electron chi connectivity index (χ3n) is 2.94. The molecular weight excluding hydrogens is 226 g/mol. The number of nitrogens with zero attached hydrogens (tertiary/aromatic N) is 3. The average Bonchev–Trinajstić information content (AvgIpc) is 2.77. The first-order valence-corrected chi connectivity index (χ1v) is 5.99. The van der Waals surface area contributed by atoms with Crippen molar-refractivity contribution in [2.24, 2.45) is 18.5 Å². The SMILES string of the molecule is Cn1ncnc1SC1CCC(N)(C(N)=O)C1. The van der Waals surface area contributed by atoms with E-state index in [0.29, 0.717) is 18.1 Å². The molecule has 1 aliphatic carbocycles. The number of hydrogen-bond acceptors (Lipinski definition) is 5. The Morgan fingerprint density at radius 2 is 2.50 bits per heavy atom. The molecule has 0 saturated heterocycles. The summed E-state index contributed by atoms with van der Waals surface area (Å²) >= 11 is 1.61. The van der Waals surface area contributed by atoms with Crippen molar-refractivity contribution in [2.75, 3.05) is 0 Å². The van der Waals surface area contributed by atoms with E-state index in [1.165, 1.54) is 6.33 Å². The monoisotopic (exact) mass is 241 g/mol. The van der Waals surface area contributed by atoms with E-state index in [1.54, 1.807) is 16.4 Å². The Morgan fingerprint density at radius 1 is 1.75 bits per heavy atom. The Bertz CT molecular complexity index is 406. The minimum absolute atomic E-state index is 0.292. The van der Waals surface area contributed by atoms with Crippen LogP contribution in [-0.4, -0.2) is 31.5 Å². The molecule has 16 heavy (non-hydrogen) atoms. The molecule has 1 aromatic heterocycles. The van der Waals surface area contributed by atoms with Gasteiger partial charge in [0.25, 0.3) is 0 Å². The highest BCUT2D eigenvalue weighted by molar-refractivity contribution is 7.99. The summed E-state index contributed by atoms with van der Waals surface area (Å²) in [4.78, 5) is 15.3. The lowest BCUT2D eigenvalue weighted by molar-refractivity contribution is -0.122. The Balaban J connectivity index is 2.00. The van der Waals surface area contributed by atoms with Gasteiger partial charge in [-0.05, 0) is 19.3 Å². The molecule has 4 N–H and O–H groups in total. The predicted molar refractivity (Wildman–Crippen MR) is 60.6 cm³/mol. The summed E-state index contributed by atoms with van der Waals surface area (Å²) in [6.07, 6.45) is 3.66. The van der Waals surface area contributed by atoms with Gasteiger partial charge in [-0.2, -0.15) is 5.10 Å². The first kappa shape index (κ1) is 11.4. The van der Waals surface area contributed by atoms with Crippen LogP contribution in [0.3, 0.4) is 0 Å². The van der Waals surface area contributed by atoms with E-state index in [1.807, 2.05) is 7.05 Å². The largest absolute Gasteiger partial charge is 0.368 e. The minimum atomic E-state index is -0.837. The van der Waals surface area contributed by atoms with Gasteiger partial charge < -0.3 is 11.5 Å². The van der Waals surface area contributed by atoms with E-state index in [4.69, 9.17) is 11.5 Å². The molecule has 2 atom stereocenters. The van der Waals surface area contributed by atoms with Crippen LogP contribution >= 0.6 is 11.8 Å². The summed E-state index contributed by atoms with van der Waals surface area (Å²) in [7, 11) is 1.84. The molecule has 2 unspecified atom stereocenters. The van der Waals surface area contributed by atoms with Gasteiger partial charge in [0.2, 0.25) is 5.91 Å². The van der Waals surface area contributed by atoms with Crippen LogP contribution in [0.4, 0.5) is 0 Å². The van der Waals surface area contributed by atoms with Crippen LogP contribution in [0.5, 0.6) is 0 Å². The Kier molecular flexibility index (Phi) is 2.90. The topological polar surface area (TPSA) is 99.8 Å². The highest BCUT2D eigenvalue weighted by Crippen LogP contribution is 2.37. The van der Waals surface area contributed by atoms with E-state index in [-0.39, 0.29) is 0 Å². The van der Waals surface area contributed by atoms with E-state index < -0.39 is 11.4 Å². The standard InChI is InChI=1S/C9H15N5OS/c1-14-8(12-5-13-14)16-6-2-3-9(11,4-6)7(10)15/h5-6H,2-4,11H2,1H3,(H2,10,15). The van der Waals surface area contributed by atoms with Crippen LogP contribution in [0.2, 0.25) is 0 Å². The van der Waals surface area contributed by atoms with Gasteiger partial charge in [0.1, 0.15) is 6.33 Å². The molecule has 1 aliphatic rings. The van der Waals surface area contributed by atoms with E-state index in [2.05, 4.69) is 10.1 Å². The van der Waals surface area contributed by atoms with Crippen molar-refractivity contribution in [3.05, 3.63) is 6.33 Å². The van der Waals surface area contributed by atoms with E-state index >= 15 is 0 Å². The second kappa shape index (κ2) is 4.06. The minimum Gasteiger partial charge on any atom is -0.368 e. The van der Waals surface area contributed by atoms with Crippen LogP contribution in [0.1, 0.15) is 19.3 Å².